The van der Waals surface area contributed by atoms with Gasteiger partial charge in [-0.25, -0.2) is 9.37 Å². The molecule has 1 heterocycles. The van der Waals surface area contributed by atoms with Crippen molar-refractivity contribution in [1.29, 1.82) is 0 Å². The Kier molecular flexibility index (Phi) is 7.96. The molecule has 1 amide bonds. The van der Waals surface area contributed by atoms with Crippen LogP contribution in [0.2, 0.25) is 0 Å². The van der Waals surface area contributed by atoms with Gasteiger partial charge in [-0.05, 0) is 49.2 Å². The van der Waals surface area contributed by atoms with Crippen LogP contribution in [0.1, 0.15) is 49.4 Å². The van der Waals surface area contributed by atoms with Gasteiger partial charge in [0.25, 0.3) is 11.5 Å². The first-order chi connectivity index (χ1) is 19.0. The molecule has 8 nitrogen and oxygen atoms in total. The van der Waals surface area contributed by atoms with Gasteiger partial charge in [0.1, 0.15) is 11.6 Å². The van der Waals surface area contributed by atoms with Crippen LogP contribution in [0, 0.1) is 5.82 Å². The molecule has 200 valence electrons. The molecule has 0 saturated heterocycles. The molecule has 0 radical (unpaired) electrons. The Morgan fingerprint density at radius 2 is 1.85 bits per heavy atom. The first-order valence-electron chi connectivity index (χ1n) is 13.0. The second-order valence-electron chi connectivity index (χ2n) is 9.38. The second kappa shape index (κ2) is 11.9. The third kappa shape index (κ3) is 5.82. The van der Waals surface area contributed by atoms with E-state index >= 15 is 0 Å². The zero-order chi connectivity index (χ0) is 27.2. The molecule has 1 aliphatic carbocycles. The molecule has 0 bridgehead atoms. The van der Waals surface area contributed by atoms with Crippen LogP contribution in [0.25, 0.3) is 10.9 Å². The van der Waals surface area contributed by atoms with Crippen LogP contribution in [-0.2, 0) is 4.79 Å². The number of halogens is 1. The van der Waals surface area contributed by atoms with Crippen molar-refractivity contribution in [3.05, 3.63) is 94.3 Å². The number of benzene rings is 3. The number of amides is 1. The molecule has 0 atom stereocenters. The molecule has 1 N–H and O–H groups in total. The Morgan fingerprint density at radius 3 is 2.64 bits per heavy atom. The van der Waals surface area contributed by atoms with Crippen LogP contribution >= 0.6 is 0 Å². The van der Waals surface area contributed by atoms with Crippen LogP contribution in [0.3, 0.4) is 0 Å². The van der Waals surface area contributed by atoms with E-state index in [2.05, 4.69) is 10.4 Å². The summed E-state index contributed by atoms with van der Waals surface area (Å²) in [4.78, 5) is 30.8. The standard InChI is InChI=1S/C30H29FN4O4/c1-38-26-17-9-12-21(28(26)39-19-27(36)33-25-16-8-6-14-23(25)31)18-32-35-29(20-10-3-2-4-11-20)34-24-15-7-5-13-22(24)30(35)37/h5-9,12-18,20H,2-4,10-11,19H2,1H3,(H,33,36). The number of fused-ring (bicyclic) bond motifs is 1. The summed E-state index contributed by atoms with van der Waals surface area (Å²) < 4.78 is 26.6. The van der Waals surface area contributed by atoms with Crippen molar-refractivity contribution in [2.75, 3.05) is 19.0 Å². The quantitative estimate of drug-likeness (QED) is 0.305. The number of anilines is 1. The van der Waals surface area contributed by atoms with Crippen molar-refractivity contribution in [2.24, 2.45) is 5.10 Å². The van der Waals surface area contributed by atoms with Crippen molar-refractivity contribution in [1.82, 2.24) is 9.66 Å². The molecule has 1 aromatic heterocycles. The Bertz CT molecular complexity index is 1580. The molecule has 39 heavy (non-hydrogen) atoms. The predicted octanol–water partition coefficient (Wildman–Crippen LogP) is 5.49. The zero-order valence-corrected chi connectivity index (χ0v) is 21.6. The van der Waals surface area contributed by atoms with Gasteiger partial charge in [-0.1, -0.05) is 49.6 Å². The fourth-order valence-electron chi connectivity index (χ4n) is 4.83. The van der Waals surface area contributed by atoms with Crippen LogP contribution < -0.4 is 20.3 Å². The summed E-state index contributed by atoms with van der Waals surface area (Å²) in [6, 6.07) is 18.4. The summed E-state index contributed by atoms with van der Waals surface area (Å²) in [5.41, 5.74) is 0.974. The topological polar surface area (TPSA) is 94.8 Å². The van der Waals surface area contributed by atoms with Crippen molar-refractivity contribution < 1.29 is 18.7 Å². The van der Waals surface area contributed by atoms with E-state index in [1.54, 1.807) is 36.4 Å². The lowest BCUT2D eigenvalue weighted by Crippen LogP contribution is -2.25. The summed E-state index contributed by atoms with van der Waals surface area (Å²) in [6.07, 6.45) is 6.75. The summed E-state index contributed by atoms with van der Waals surface area (Å²) in [6.45, 7) is -0.389. The summed E-state index contributed by atoms with van der Waals surface area (Å²) in [7, 11) is 1.49. The van der Waals surface area contributed by atoms with Gasteiger partial charge in [0.05, 0.1) is 29.9 Å². The number of para-hydroxylation sites is 3. The molecule has 4 aromatic rings. The summed E-state index contributed by atoms with van der Waals surface area (Å²) in [5, 5.41) is 7.56. The van der Waals surface area contributed by atoms with E-state index in [0.717, 1.165) is 25.7 Å². The minimum atomic E-state index is -0.542. The number of hydrogen-bond acceptors (Lipinski definition) is 6. The highest BCUT2D eigenvalue weighted by atomic mass is 19.1. The number of rotatable bonds is 8. The number of nitrogens with one attached hydrogen (secondary N) is 1. The fraction of sp³-hybridized carbons (Fsp3) is 0.267. The Hall–Kier alpha value is -4.53. The number of aromatic nitrogens is 2. The van der Waals surface area contributed by atoms with E-state index in [-0.39, 0.29) is 29.5 Å². The van der Waals surface area contributed by atoms with Crippen molar-refractivity contribution in [3.8, 4) is 11.5 Å². The highest BCUT2D eigenvalue weighted by Crippen LogP contribution is 2.33. The molecule has 1 saturated carbocycles. The third-order valence-corrected chi connectivity index (χ3v) is 6.79. The number of methoxy groups -OCH3 is 1. The molecular formula is C30H29FN4O4. The second-order valence-corrected chi connectivity index (χ2v) is 9.38. The zero-order valence-electron chi connectivity index (χ0n) is 21.6. The molecule has 3 aromatic carbocycles. The smallest absolute Gasteiger partial charge is 0.282 e. The molecule has 0 spiro atoms. The monoisotopic (exact) mass is 528 g/mol. The Labute approximate surface area is 225 Å². The van der Waals surface area contributed by atoms with Gasteiger partial charge in [0.2, 0.25) is 0 Å². The van der Waals surface area contributed by atoms with Gasteiger partial charge in [0, 0.05) is 11.5 Å². The molecule has 0 aliphatic heterocycles. The van der Waals surface area contributed by atoms with Crippen LogP contribution in [0.4, 0.5) is 10.1 Å². The van der Waals surface area contributed by atoms with Crippen molar-refractivity contribution in [3.63, 3.8) is 0 Å². The number of carbonyl (C=O) groups is 1. The first-order valence-corrected chi connectivity index (χ1v) is 13.0. The van der Waals surface area contributed by atoms with Crippen LogP contribution in [0.5, 0.6) is 11.5 Å². The first kappa shape index (κ1) is 26.1. The SMILES string of the molecule is COc1cccc(C=Nn2c(C3CCCCC3)nc3ccccc3c2=O)c1OCC(=O)Nc1ccccc1F. The van der Waals surface area contributed by atoms with E-state index < -0.39 is 11.7 Å². The van der Waals surface area contributed by atoms with E-state index in [1.165, 1.54) is 42.6 Å². The lowest BCUT2D eigenvalue weighted by Gasteiger charge is -2.22. The number of hydrogen-bond donors (Lipinski definition) is 1. The van der Waals surface area contributed by atoms with Gasteiger partial charge in [-0.2, -0.15) is 9.78 Å². The Morgan fingerprint density at radius 1 is 1.08 bits per heavy atom. The molecule has 1 aliphatic rings. The molecule has 0 unspecified atom stereocenters. The Balaban J connectivity index is 1.46. The highest BCUT2D eigenvalue weighted by Gasteiger charge is 2.22. The normalized spacial score (nSPS) is 14.0. The summed E-state index contributed by atoms with van der Waals surface area (Å²) in [5.74, 6) is 0.353. The van der Waals surface area contributed by atoms with Gasteiger partial charge >= 0.3 is 0 Å². The van der Waals surface area contributed by atoms with E-state index in [9.17, 15) is 14.0 Å². The third-order valence-electron chi connectivity index (χ3n) is 6.79. The van der Waals surface area contributed by atoms with E-state index in [0.29, 0.717) is 28.0 Å². The predicted molar refractivity (Wildman–Crippen MR) is 148 cm³/mol. The number of nitrogens with zero attached hydrogens (tertiary/aromatic N) is 3. The molecule has 1 fully saturated rings. The lowest BCUT2D eigenvalue weighted by molar-refractivity contribution is -0.118. The van der Waals surface area contributed by atoms with Gasteiger partial charge in [0.15, 0.2) is 18.1 Å². The number of carbonyl (C=O) groups excluding carboxylic acids is 1. The minimum absolute atomic E-state index is 0.0614. The van der Waals surface area contributed by atoms with Gasteiger partial charge < -0.3 is 14.8 Å². The van der Waals surface area contributed by atoms with Gasteiger partial charge in [-0.15, -0.1) is 0 Å². The maximum absolute atomic E-state index is 13.9. The summed E-state index contributed by atoms with van der Waals surface area (Å²) >= 11 is 0. The molecule has 9 heteroatoms. The molecular weight excluding hydrogens is 499 g/mol. The largest absolute Gasteiger partial charge is 0.493 e. The average Bonchev–Trinajstić information content (AvgIpc) is 2.97. The lowest BCUT2D eigenvalue weighted by atomic mass is 9.88. The maximum Gasteiger partial charge on any atom is 0.282 e. The molecule has 5 rings (SSSR count). The minimum Gasteiger partial charge on any atom is -0.493 e. The van der Waals surface area contributed by atoms with E-state index in [1.807, 2.05) is 12.1 Å². The fourth-order valence-corrected chi connectivity index (χ4v) is 4.83. The van der Waals surface area contributed by atoms with Crippen LogP contribution in [0.15, 0.2) is 76.6 Å². The average molecular weight is 529 g/mol. The van der Waals surface area contributed by atoms with Gasteiger partial charge in [-0.3, -0.25) is 9.59 Å². The number of ether oxygens (including phenoxy) is 2. The highest BCUT2D eigenvalue weighted by molar-refractivity contribution is 5.92. The maximum atomic E-state index is 13.9. The van der Waals surface area contributed by atoms with E-state index in [4.69, 9.17) is 14.5 Å². The van der Waals surface area contributed by atoms with Crippen molar-refractivity contribution in [2.45, 2.75) is 38.0 Å². The van der Waals surface area contributed by atoms with Crippen molar-refractivity contribution >= 4 is 28.7 Å². The van der Waals surface area contributed by atoms with Crippen LogP contribution in [-0.4, -0.2) is 35.5 Å².